The standard InChI is InChI=1S/C16H20N2/c1-17-9-8-16(11-17)7-6-14-10-13-4-2-3-5-15(13)18(14)12-16/h2-5,10H,6-9,11-12H2,1H3. The van der Waals surface area contributed by atoms with Gasteiger partial charge in [-0.1, -0.05) is 18.2 Å². The van der Waals surface area contributed by atoms with Gasteiger partial charge in [0.2, 0.25) is 0 Å². The molecule has 18 heavy (non-hydrogen) atoms. The molecular formula is C16H20N2. The summed E-state index contributed by atoms with van der Waals surface area (Å²) in [5, 5.41) is 1.41. The molecule has 0 aliphatic carbocycles. The van der Waals surface area contributed by atoms with E-state index in [1.54, 1.807) is 0 Å². The molecule has 3 heterocycles. The van der Waals surface area contributed by atoms with E-state index in [1.165, 1.54) is 55.5 Å². The van der Waals surface area contributed by atoms with Gasteiger partial charge in [-0.25, -0.2) is 0 Å². The molecule has 0 saturated carbocycles. The highest BCUT2D eigenvalue weighted by atomic mass is 15.1. The van der Waals surface area contributed by atoms with Gasteiger partial charge >= 0.3 is 0 Å². The number of benzene rings is 1. The molecule has 1 aromatic carbocycles. The number of hydrogen-bond acceptors (Lipinski definition) is 1. The van der Waals surface area contributed by atoms with Crippen molar-refractivity contribution in [3.63, 3.8) is 0 Å². The summed E-state index contributed by atoms with van der Waals surface area (Å²) in [6.45, 7) is 3.77. The van der Waals surface area contributed by atoms with Crippen molar-refractivity contribution >= 4 is 10.9 Å². The lowest BCUT2D eigenvalue weighted by atomic mass is 9.79. The van der Waals surface area contributed by atoms with E-state index >= 15 is 0 Å². The molecule has 0 radical (unpaired) electrons. The Kier molecular flexibility index (Phi) is 2.13. The van der Waals surface area contributed by atoms with Crippen LogP contribution in [0.15, 0.2) is 30.3 Å². The second kappa shape index (κ2) is 3.61. The van der Waals surface area contributed by atoms with Crippen molar-refractivity contribution in [2.24, 2.45) is 5.41 Å². The monoisotopic (exact) mass is 240 g/mol. The maximum Gasteiger partial charge on any atom is 0.0482 e. The molecule has 2 nitrogen and oxygen atoms in total. The smallest absolute Gasteiger partial charge is 0.0482 e. The number of nitrogens with zero attached hydrogens (tertiary/aromatic N) is 2. The van der Waals surface area contributed by atoms with E-state index in [4.69, 9.17) is 0 Å². The van der Waals surface area contributed by atoms with Gasteiger partial charge in [-0.05, 0) is 50.4 Å². The molecule has 2 heteroatoms. The first kappa shape index (κ1) is 10.6. The molecule has 1 atom stereocenters. The summed E-state index contributed by atoms with van der Waals surface area (Å²) in [5.41, 5.74) is 3.52. The molecule has 0 N–H and O–H groups in total. The van der Waals surface area contributed by atoms with Crippen molar-refractivity contribution in [3.05, 3.63) is 36.0 Å². The molecule has 1 fully saturated rings. The van der Waals surface area contributed by atoms with Gasteiger partial charge in [0, 0.05) is 29.7 Å². The first-order valence-electron chi connectivity index (χ1n) is 7.02. The molecule has 0 bridgehead atoms. The lowest BCUT2D eigenvalue weighted by Crippen LogP contribution is -2.34. The van der Waals surface area contributed by atoms with E-state index in [1.807, 2.05) is 0 Å². The fourth-order valence-electron chi connectivity index (χ4n) is 3.96. The topological polar surface area (TPSA) is 8.17 Å². The van der Waals surface area contributed by atoms with Crippen molar-refractivity contribution in [2.75, 3.05) is 20.1 Å². The van der Waals surface area contributed by atoms with Gasteiger partial charge in [-0.3, -0.25) is 0 Å². The van der Waals surface area contributed by atoms with Gasteiger partial charge in [0.25, 0.3) is 0 Å². The van der Waals surface area contributed by atoms with Crippen LogP contribution in [0.3, 0.4) is 0 Å². The molecule has 0 amide bonds. The first-order valence-corrected chi connectivity index (χ1v) is 7.02. The highest BCUT2D eigenvalue weighted by Crippen LogP contribution is 2.41. The van der Waals surface area contributed by atoms with E-state index in [2.05, 4.69) is 46.8 Å². The van der Waals surface area contributed by atoms with Crippen LogP contribution < -0.4 is 0 Å². The third kappa shape index (κ3) is 1.45. The number of rotatable bonds is 0. The fraction of sp³-hybridized carbons (Fsp3) is 0.500. The highest BCUT2D eigenvalue weighted by Gasteiger charge is 2.39. The van der Waals surface area contributed by atoms with E-state index in [0.29, 0.717) is 5.41 Å². The molecule has 1 saturated heterocycles. The second-order valence-corrected chi connectivity index (χ2v) is 6.27. The summed E-state index contributed by atoms with van der Waals surface area (Å²) in [6.07, 6.45) is 3.99. The third-order valence-electron chi connectivity index (χ3n) is 4.93. The van der Waals surface area contributed by atoms with Crippen LogP contribution in [0.25, 0.3) is 10.9 Å². The van der Waals surface area contributed by atoms with Crippen molar-refractivity contribution in [1.82, 2.24) is 9.47 Å². The van der Waals surface area contributed by atoms with Gasteiger partial charge in [-0.15, -0.1) is 0 Å². The lowest BCUT2D eigenvalue weighted by Gasteiger charge is -2.35. The summed E-state index contributed by atoms with van der Waals surface area (Å²) in [7, 11) is 2.26. The number of likely N-dealkylation sites (tertiary alicyclic amines) is 1. The van der Waals surface area contributed by atoms with Gasteiger partial charge in [0.1, 0.15) is 0 Å². The van der Waals surface area contributed by atoms with Crippen molar-refractivity contribution < 1.29 is 0 Å². The van der Waals surface area contributed by atoms with Gasteiger partial charge < -0.3 is 9.47 Å². The van der Waals surface area contributed by atoms with Crippen LogP contribution in [0.5, 0.6) is 0 Å². The van der Waals surface area contributed by atoms with E-state index < -0.39 is 0 Å². The molecule has 4 rings (SSSR count). The number of para-hydroxylation sites is 1. The molecule has 2 aliphatic rings. The van der Waals surface area contributed by atoms with E-state index in [9.17, 15) is 0 Å². The molecule has 94 valence electrons. The average Bonchev–Trinajstić information content (AvgIpc) is 2.91. The zero-order valence-electron chi connectivity index (χ0n) is 11.0. The van der Waals surface area contributed by atoms with Crippen LogP contribution in [0.1, 0.15) is 18.5 Å². The molecule has 1 spiro atoms. The van der Waals surface area contributed by atoms with Crippen LogP contribution in [-0.2, 0) is 13.0 Å². The maximum absolute atomic E-state index is 2.58. The molecule has 1 aromatic heterocycles. The van der Waals surface area contributed by atoms with Crippen LogP contribution >= 0.6 is 0 Å². The minimum atomic E-state index is 0.545. The molecular weight excluding hydrogens is 220 g/mol. The van der Waals surface area contributed by atoms with Crippen LogP contribution in [0.4, 0.5) is 0 Å². The molecule has 2 aliphatic heterocycles. The second-order valence-electron chi connectivity index (χ2n) is 6.27. The van der Waals surface area contributed by atoms with Crippen molar-refractivity contribution in [1.29, 1.82) is 0 Å². The Bertz CT molecular complexity index is 598. The largest absolute Gasteiger partial charge is 0.344 e. The minimum absolute atomic E-state index is 0.545. The summed E-state index contributed by atoms with van der Waals surface area (Å²) in [6, 6.07) is 11.2. The average molecular weight is 240 g/mol. The van der Waals surface area contributed by atoms with Gasteiger partial charge in [0.05, 0.1) is 0 Å². The first-order chi connectivity index (χ1) is 8.76. The van der Waals surface area contributed by atoms with Gasteiger partial charge in [-0.2, -0.15) is 0 Å². The van der Waals surface area contributed by atoms with E-state index in [-0.39, 0.29) is 0 Å². The van der Waals surface area contributed by atoms with Crippen LogP contribution in [0, 0.1) is 5.41 Å². The lowest BCUT2D eigenvalue weighted by molar-refractivity contribution is 0.202. The molecule has 1 unspecified atom stereocenters. The third-order valence-corrected chi connectivity index (χ3v) is 4.93. The van der Waals surface area contributed by atoms with Crippen molar-refractivity contribution in [2.45, 2.75) is 25.8 Å². The Morgan fingerprint density at radius 1 is 1.11 bits per heavy atom. The Balaban J connectivity index is 1.80. The van der Waals surface area contributed by atoms with Crippen LogP contribution in [0.2, 0.25) is 0 Å². The van der Waals surface area contributed by atoms with E-state index in [0.717, 1.165) is 0 Å². The summed E-state index contributed by atoms with van der Waals surface area (Å²) < 4.78 is 2.58. The molecule has 2 aromatic rings. The number of aryl methyl sites for hydroxylation is 1. The zero-order valence-corrected chi connectivity index (χ0v) is 11.0. The van der Waals surface area contributed by atoms with Gasteiger partial charge in [0.15, 0.2) is 0 Å². The summed E-state index contributed by atoms with van der Waals surface area (Å²) in [5.74, 6) is 0. The normalized spacial score (nSPS) is 28.1. The maximum atomic E-state index is 2.58. The summed E-state index contributed by atoms with van der Waals surface area (Å²) >= 11 is 0. The Hall–Kier alpha value is -1.28. The quantitative estimate of drug-likeness (QED) is 0.687. The number of aromatic nitrogens is 1. The fourth-order valence-corrected chi connectivity index (χ4v) is 3.96. The summed E-state index contributed by atoms with van der Waals surface area (Å²) in [4.78, 5) is 2.50. The Labute approximate surface area is 108 Å². The minimum Gasteiger partial charge on any atom is -0.344 e. The number of hydrogen-bond donors (Lipinski definition) is 0. The van der Waals surface area contributed by atoms with Crippen molar-refractivity contribution in [3.8, 4) is 0 Å². The zero-order chi connectivity index (χ0) is 12.2. The predicted octanol–water partition coefficient (Wildman–Crippen LogP) is 2.91. The SMILES string of the molecule is CN1CCC2(CCc3cc4ccccc4n3C2)C1. The predicted molar refractivity (Wildman–Crippen MR) is 74.8 cm³/mol. The number of fused-ring (bicyclic) bond motifs is 3. The Morgan fingerprint density at radius 2 is 2.00 bits per heavy atom. The van der Waals surface area contributed by atoms with Crippen LogP contribution in [-0.4, -0.2) is 29.6 Å². The highest BCUT2D eigenvalue weighted by molar-refractivity contribution is 5.81. The Morgan fingerprint density at radius 3 is 2.83 bits per heavy atom.